The van der Waals surface area contributed by atoms with Crippen LogP contribution < -0.4 is 10.5 Å². The molecule has 0 heterocycles. The smallest absolute Gasteiger partial charge is 0.390 e. The van der Waals surface area contributed by atoms with Gasteiger partial charge in [-0.25, -0.2) is 8.78 Å². The van der Waals surface area contributed by atoms with Crippen molar-refractivity contribution in [3.05, 3.63) is 29.3 Å². The van der Waals surface area contributed by atoms with Crippen molar-refractivity contribution in [2.45, 2.75) is 18.6 Å². The molecule has 96 valence electrons. The van der Waals surface area contributed by atoms with Crippen molar-refractivity contribution in [2.75, 3.05) is 7.11 Å². The van der Waals surface area contributed by atoms with E-state index in [0.717, 1.165) is 19.2 Å². The molecule has 1 aromatic carbocycles. The Labute approximate surface area is 94.2 Å². The molecule has 0 amide bonds. The van der Waals surface area contributed by atoms with Crippen molar-refractivity contribution >= 4 is 0 Å². The maximum Gasteiger partial charge on any atom is 0.390 e. The third-order valence-electron chi connectivity index (χ3n) is 2.13. The average molecular weight is 255 g/mol. The summed E-state index contributed by atoms with van der Waals surface area (Å²) in [4.78, 5) is 0. The Morgan fingerprint density at radius 1 is 1.29 bits per heavy atom. The van der Waals surface area contributed by atoms with E-state index in [0.29, 0.717) is 0 Å². The number of rotatable bonds is 3. The SMILES string of the molecule is COc1ccc(F)c([C@@H](N)CC(F)(F)F)c1F. The predicted octanol–water partition coefficient (Wildman–Crippen LogP) is 2.93. The molecular weight excluding hydrogens is 245 g/mol. The summed E-state index contributed by atoms with van der Waals surface area (Å²) in [6, 6.07) is -0.00723. The van der Waals surface area contributed by atoms with E-state index < -0.39 is 35.8 Å². The summed E-state index contributed by atoms with van der Waals surface area (Å²) in [6.07, 6.45) is -6.10. The van der Waals surface area contributed by atoms with E-state index in [9.17, 15) is 22.0 Å². The summed E-state index contributed by atoms with van der Waals surface area (Å²) in [7, 11) is 1.12. The molecule has 0 aliphatic carbocycles. The number of hydrogen-bond donors (Lipinski definition) is 1. The highest BCUT2D eigenvalue weighted by molar-refractivity contribution is 5.34. The minimum Gasteiger partial charge on any atom is -0.494 e. The van der Waals surface area contributed by atoms with Crippen molar-refractivity contribution in [1.82, 2.24) is 0 Å². The third-order valence-corrected chi connectivity index (χ3v) is 2.13. The molecule has 1 rings (SSSR count). The van der Waals surface area contributed by atoms with Gasteiger partial charge in [0.1, 0.15) is 5.82 Å². The molecule has 17 heavy (non-hydrogen) atoms. The number of methoxy groups -OCH3 is 1. The Kier molecular flexibility index (Phi) is 3.92. The van der Waals surface area contributed by atoms with Crippen LogP contribution in [0.1, 0.15) is 18.0 Å². The summed E-state index contributed by atoms with van der Waals surface area (Å²) >= 11 is 0. The number of halogens is 5. The van der Waals surface area contributed by atoms with Gasteiger partial charge in [0.05, 0.1) is 13.5 Å². The van der Waals surface area contributed by atoms with E-state index in [1.807, 2.05) is 0 Å². The molecule has 0 unspecified atom stereocenters. The van der Waals surface area contributed by atoms with Gasteiger partial charge in [-0.1, -0.05) is 0 Å². The predicted molar refractivity (Wildman–Crippen MR) is 50.5 cm³/mol. The fraction of sp³-hybridized carbons (Fsp3) is 0.400. The summed E-state index contributed by atoms with van der Waals surface area (Å²) in [6.45, 7) is 0. The normalized spacial score (nSPS) is 13.6. The second-order valence-electron chi connectivity index (χ2n) is 3.40. The summed E-state index contributed by atoms with van der Waals surface area (Å²) in [5.41, 5.74) is 4.33. The lowest BCUT2D eigenvalue weighted by Gasteiger charge is -2.17. The van der Waals surface area contributed by atoms with Crippen LogP contribution in [0.25, 0.3) is 0 Å². The topological polar surface area (TPSA) is 35.2 Å². The molecule has 7 heteroatoms. The van der Waals surface area contributed by atoms with Crippen molar-refractivity contribution in [3.8, 4) is 5.75 Å². The zero-order valence-corrected chi connectivity index (χ0v) is 8.81. The molecule has 0 saturated heterocycles. The van der Waals surface area contributed by atoms with Crippen molar-refractivity contribution < 1.29 is 26.7 Å². The van der Waals surface area contributed by atoms with Gasteiger partial charge < -0.3 is 10.5 Å². The fourth-order valence-corrected chi connectivity index (χ4v) is 1.40. The lowest BCUT2D eigenvalue weighted by molar-refractivity contribution is -0.138. The van der Waals surface area contributed by atoms with Crippen molar-refractivity contribution in [2.24, 2.45) is 5.73 Å². The van der Waals surface area contributed by atoms with E-state index in [2.05, 4.69) is 4.74 Å². The highest BCUT2D eigenvalue weighted by Gasteiger charge is 2.33. The Hall–Kier alpha value is -1.37. The Bertz CT molecular complexity index is 404. The lowest BCUT2D eigenvalue weighted by Crippen LogP contribution is -2.22. The van der Waals surface area contributed by atoms with Gasteiger partial charge in [-0.05, 0) is 12.1 Å². The number of alkyl halides is 3. The molecule has 1 aromatic rings. The summed E-state index contributed by atoms with van der Waals surface area (Å²) < 4.78 is 67.6. The van der Waals surface area contributed by atoms with Crippen LogP contribution in [0, 0.1) is 11.6 Å². The first-order chi connectivity index (χ1) is 7.76. The van der Waals surface area contributed by atoms with E-state index in [4.69, 9.17) is 5.73 Å². The number of nitrogens with two attached hydrogens (primary N) is 1. The third kappa shape index (κ3) is 3.29. The molecule has 2 N–H and O–H groups in total. The molecule has 0 spiro atoms. The maximum absolute atomic E-state index is 13.5. The number of hydrogen-bond acceptors (Lipinski definition) is 2. The van der Waals surface area contributed by atoms with Gasteiger partial charge in [-0.3, -0.25) is 0 Å². The van der Waals surface area contributed by atoms with E-state index in [1.54, 1.807) is 0 Å². The van der Waals surface area contributed by atoms with Crippen LogP contribution in [0.5, 0.6) is 5.75 Å². The quantitative estimate of drug-likeness (QED) is 0.843. The monoisotopic (exact) mass is 255 g/mol. The largest absolute Gasteiger partial charge is 0.494 e. The van der Waals surface area contributed by atoms with E-state index >= 15 is 0 Å². The molecular formula is C10H10F5NO. The number of benzene rings is 1. The average Bonchev–Trinajstić information content (AvgIpc) is 2.15. The molecule has 1 atom stereocenters. The molecule has 2 nitrogen and oxygen atoms in total. The van der Waals surface area contributed by atoms with Crippen LogP contribution in [0.4, 0.5) is 22.0 Å². The standard InChI is InChI=1S/C10H10F5NO/c1-17-7-3-2-5(11)8(9(7)12)6(16)4-10(13,14)15/h2-3,6H,4,16H2,1H3/t6-/m0/s1. The van der Waals surface area contributed by atoms with Crippen LogP contribution in [0.15, 0.2) is 12.1 Å². The zero-order chi connectivity index (χ0) is 13.2. The van der Waals surface area contributed by atoms with E-state index in [1.165, 1.54) is 0 Å². The minimum atomic E-state index is -4.60. The van der Waals surface area contributed by atoms with Gasteiger partial charge >= 0.3 is 6.18 Å². The van der Waals surface area contributed by atoms with E-state index in [-0.39, 0.29) is 5.75 Å². The van der Waals surface area contributed by atoms with Crippen molar-refractivity contribution in [3.63, 3.8) is 0 Å². The first kappa shape index (κ1) is 13.7. The molecule has 0 aliphatic heterocycles. The molecule has 0 aromatic heterocycles. The lowest BCUT2D eigenvalue weighted by atomic mass is 10.0. The van der Waals surface area contributed by atoms with Gasteiger partial charge in [0.15, 0.2) is 11.6 Å². The minimum absolute atomic E-state index is 0.348. The van der Waals surface area contributed by atoms with Crippen LogP contribution in [0.3, 0.4) is 0 Å². The highest BCUT2D eigenvalue weighted by atomic mass is 19.4. The fourth-order valence-electron chi connectivity index (χ4n) is 1.40. The van der Waals surface area contributed by atoms with Crippen LogP contribution in [-0.4, -0.2) is 13.3 Å². The summed E-state index contributed by atoms with van der Waals surface area (Å²) in [5.74, 6) is -2.68. The Balaban J connectivity index is 3.12. The van der Waals surface area contributed by atoms with Crippen LogP contribution >= 0.6 is 0 Å². The molecule has 0 saturated carbocycles. The van der Waals surface area contributed by atoms with Crippen LogP contribution in [0.2, 0.25) is 0 Å². The Morgan fingerprint density at radius 3 is 2.35 bits per heavy atom. The summed E-state index contributed by atoms with van der Waals surface area (Å²) in [5, 5.41) is 0. The Morgan fingerprint density at radius 2 is 1.88 bits per heavy atom. The molecule has 0 radical (unpaired) electrons. The molecule has 0 fully saturated rings. The van der Waals surface area contributed by atoms with Gasteiger partial charge in [-0.15, -0.1) is 0 Å². The van der Waals surface area contributed by atoms with Gasteiger partial charge in [0.25, 0.3) is 0 Å². The molecule has 0 aliphatic rings. The molecule has 0 bridgehead atoms. The maximum atomic E-state index is 13.5. The highest BCUT2D eigenvalue weighted by Crippen LogP contribution is 2.33. The second-order valence-corrected chi connectivity index (χ2v) is 3.40. The first-order valence-electron chi connectivity index (χ1n) is 4.60. The number of ether oxygens (including phenoxy) is 1. The zero-order valence-electron chi connectivity index (χ0n) is 8.81. The van der Waals surface area contributed by atoms with Gasteiger partial charge in [-0.2, -0.15) is 13.2 Å². The van der Waals surface area contributed by atoms with Gasteiger partial charge in [0.2, 0.25) is 0 Å². The van der Waals surface area contributed by atoms with Gasteiger partial charge in [0, 0.05) is 11.6 Å². The van der Waals surface area contributed by atoms with Crippen LogP contribution in [-0.2, 0) is 0 Å². The second kappa shape index (κ2) is 4.87. The first-order valence-corrected chi connectivity index (χ1v) is 4.60. The van der Waals surface area contributed by atoms with Crippen molar-refractivity contribution in [1.29, 1.82) is 0 Å².